The van der Waals surface area contributed by atoms with Crippen molar-refractivity contribution >= 4 is 10.8 Å². The zero-order chi connectivity index (χ0) is 14.7. The van der Waals surface area contributed by atoms with E-state index in [0.717, 1.165) is 13.0 Å². The van der Waals surface area contributed by atoms with Crippen LogP contribution in [0.3, 0.4) is 0 Å². The highest BCUT2D eigenvalue weighted by Crippen LogP contribution is 2.24. The van der Waals surface area contributed by atoms with E-state index in [1.807, 2.05) is 4.80 Å². The van der Waals surface area contributed by atoms with Gasteiger partial charge in [0, 0.05) is 0 Å². The van der Waals surface area contributed by atoms with E-state index in [-0.39, 0.29) is 6.04 Å². The van der Waals surface area contributed by atoms with Crippen molar-refractivity contribution in [3.05, 3.63) is 60.4 Å². The summed E-state index contributed by atoms with van der Waals surface area (Å²) in [5.74, 6) is 0. The average Bonchev–Trinajstić information content (AvgIpc) is 3.01. The summed E-state index contributed by atoms with van der Waals surface area (Å²) in [6.07, 6.45) is 4.47. The lowest BCUT2D eigenvalue weighted by molar-refractivity contribution is 0.342. The molecule has 1 aromatic heterocycles. The first-order valence-corrected chi connectivity index (χ1v) is 7.23. The molecule has 1 unspecified atom stereocenters. The Bertz CT molecular complexity index is 704. The van der Waals surface area contributed by atoms with Crippen LogP contribution in [-0.2, 0) is 0 Å². The van der Waals surface area contributed by atoms with Crippen molar-refractivity contribution in [2.75, 3.05) is 20.6 Å². The van der Waals surface area contributed by atoms with E-state index in [1.54, 1.807) is 12.4 Å². The van der Waals surface area contributed by atoms with Crippen LogP contribution < -0.4 is 0 Å². The molecular weight excluding hydrogens is 260 g/mol. The van der Waals surface area contributed by atoms with Gasteiger partial charge < -0.3 is 4.90 Å². The first-order chi connectivity index (χ1) is 10.2. The topological polar surface area (TPSA) is 34.0 Å². The van der Waals surface area contributed by atoms with E-state index in [2.05, 4.69) is 71.7 Å². The predicted octanol–water partition coefficient (Wildman–Crippen LogP) is 2.97. The summed E-state index contributed by atoms with van der Waals surface area (Å²) in [4.78, 5) is 4.01. The summed E-state index contributed by atoms with van der Waals surface area (Å²) in [5.41, 5.74) is 1.26. The Balaban J connectivity index is 1.97. The van der Waals surface area contributed by atoms with Gasteiger partial charge in [0.05, 0.1) is 18.4 Å². The van der Waals surface area contributed by atoms with Gasteiger partial charge in [0.1, 0.15) is 0 Å². The SMILES string of the molecule is CN(C)CCC(c1ccc2ccccc2c1)n1nccn1. The van der Waals surface area contributed by atoms with E-state index >= 15 is 0 Å². The van der Waals surface area contributed by atoms with E-state index < -0.39 is 0 Å². The monoisotopic (exact) mass is 280 g/mol. The molecule has 0 amide bonds. The first kappa shape index (κ1) is 13.8. The Labute approximate surface area is 125 Å². The minimum Gasteiger partial charge on any atom is -0.309 e. The van der Waals surface area contributed by atoms with Crippen LogP contribution >= 0.6 is 0 Å². The third-order valence-electron chi connectivity index (χ3n) is 3.72. The fourth-order valence-corrected chi connectivity index (χ4v) is 2.60. The molecule has 0 fully saturated rings. The number of hydrogen-bond donors (Lipinski definition) is 0. The zero-order valence-electron chi connectivity index (χ0n) is 12.5. The fraction of sp³-hybridized carbons (Fsp3) is 0.294. The highest BCUT2D eigenvalue weighted by Gasteiger charge is 2.16. The van der Waals surface area contributed by atoms with Crippen LogP contribution in [0.4, 0.5) is 0 Å². The van der Waals surface area contributed by atoms with E-state index in [0.29, 0.717) is 0 Å². The van der Waals surface area contributed by atoms with Gasteiger partial charge in [0.15, 0.2) is 0 Å². The summed E-state index contributed by atoms with van der Waals surface area (Å²) < 4.78 is 0. The van der Waals surface area contributed by atoms with Gasteiger partial charge in [-0.15, -0.1) is 0 Å². The maximum Gasteiger partial charge on any atom is 0.0978 e. The quantitative estimate of drug-likeness (QED) is 0.720. The number of nitrogens with zero attached hydrogens (tertiary/aromatic N) is 4. The number of hydrogen-bond acceptors (Lipinski definition) is 3. The average molecular weight is 280 g/mol. The van der Waals surface area contributed by atoms with Gasteiger partial charge in [0.2, 0.25) is 0 Å². The van der Waals surface area contributed by atoms with Gasteiger partial charge in [-0.25, -0.2) is 0 Å². The Kier molecular flexibility index (Phi) is 3.97. The van der Waals surface area contributed by atoms with Crippen LogP contribution in [0.25, 0.3) is 10.8 Å². The smallest absolute Gasteiger partial charge is 0.0978 e. The first-order valence-electron chi connectivity index (χ1n) is 7.23. The largest absolute Gasteiger partial charge is 0.309 e. The molecule has 0 aliphatic heterocycles. The molecule has 0 saturated heterocycles. The molecule has 4 nitrogen and oxygen atoms in total. The molecule has 1 heterocycles. The van der Waals surface area contributed by atoms with Crippen molar-refractivity contribution in [3.8, 4) is 0 Å². The van der Waals surface area contributed by atoms with Crippen molar-refractivity contribution in [1.82, 2.24) is 19.9 Å². The third kappa shape index (κ3) is 3.11. The van der Waals surface area contributed by atoms with Gasteiger partial charge in [-0.3, -0.25) is 0 Å². The van der Waals surface area contributed by atoms with Gasteiger partial charge >= 0.3 is 0 Å². The molecule has 3 aromatic rings. The van der Waals surface area contributed by atoms with Crippen LogP contribution in [0.1, 0.15) is 18.0 Å². The van der Waals surface area contributed by atoms with Gasteiger partial charge in [0.25, 0.3) is 0 Å². The molecule has 0 saturated carbocycles. The molecule has 108 valence electrons. The van der Waals surface area contributed by atoms with Crippen LogP contribution in [0.2, 0.25) is 0 Å². The van der Waals surface area contributed by atoms with Crippen molar-refractivity contribution in [3.63, 3.8) is 0 Å². The van der Waals surface area contributed by atoms with E-state index in [4.69, 9.17) is 0 Å². The second-order valence-corrected chi connectivity index (χ2v) is 5.56. The second kappa shape index (κ2) is 6.06. The zero-order valence-corrected chi connectivity index (χ0v) is 12.5. The Morgan fingerprint density at radius 1 is 1.00 bits per heavy atom. The van der Waals surface area contributed by atoms with Gasteiger partial charge in [-0.1, -0.05) is 36.4 Å². The molecule has 0 N–H and O–H groups in total. The number of rotatable bonds is 5. The van der Waals surface area contributed by atoms with Crippen LogP contribution in [0.15, 0.2) is 54.9 Å². The molecule has 0 spiro atoms. The van der Waals surface area contributed by atoms with Crippen LogP contribution in [0, 0.1) is 0 Å². The van der Waals surface area contributed by atoms with Gasteiger partial charge in [-0.2, -0.15) is 15.0 Å². The van der Waals surface area contributed by atoms with E-state index in [9.17, 15) is 0 Å². The summed E-state index contributed by atoms with van der Waals surface area (Å²) in [6, 6.07) is 15.2. The number of aromatic nitrogens is 3. The third-order valence-corrected chi connectivity index (χ3v) is 3.72. The van der Waals surface area contributed by atoms with Crippen molar-refractivity contribution in [2.45, 2.75) is 12.5 Å². The minimum absolute atomic E-state index is 0.173. The maximum atomic E-state index is 4.34. The lowest BCUT2D eigenvalue weighted by atomic mass is 10.00. The molecule has 0 radical (unpaired) electrons. The molecule has 0 aliphatic rings. The van der Waals surface area contributed by atoms with E-state index in [1.165, 1.54) is 16.3 Å². The standard InChI is InChI=1S/C17H20N4/c1-20(2)12-9-17(21-18-10-11-19-21)16-8-7-14-5-3-4-6-15(14)13-16/h3-8,10-11,13,17H,9,12H2,1-2H3. The molecule has 3 rings (SSSR count). The molecular formula is C17H20N4. The van der Waals surface area contributed by atoms with Crippen molar-refractivity contribution < 1.29 is 0 Å². The Morgan fingerprint density at radius 2 is 1.71 bits per heavy atom. The minimum atomic E-state index is 0.173. The molecule has 0 bridgehead atoms. The van der Waals surface area contributed by atoms with Crippen LogP contribution in [0.5, 0.6) is 0 Å². The normalized spacial score (nSPS) is 12.9. The summed E-state index contributed by atoms with van der Waals surface area (Å²) in [6.45, 7) is 0.999. The lowest BCUT2D eigenvalue weighted by Gasteiger charge is -2.19. The number of fused-ring (bicyclic) bond motifs is 1. The second-order valence-electron chi connectivity index (χ2n) is 5.56. The van der Waals surface area contributed by atoms with Crippen molar-refractivity contribution in [2.24, 2.45) is 0 Å². The molecule has 0 aliphatic carbocycles. The highest BCUT2D eigenvalue weighted by molar-refractivity contribution is 5.83. The number of benzene rings is 2. The molecule has 4 heteroatoms. The summed E-state index contributed by atoms with van der Waals surface area (Å²) >= 11 is 0. The molecule has 1 atom stereocenters. The fourth-order valence-electron chi connectivity index (χ4n) is 2.60. The van der Waals surface area contributed by atoms with Crippen LogP contribution in [-0.4, -0.2) is 40.5 Å². The van der Waals surface area contributed by atoms with Gasteiger partial charge in [-0.05, 0) is 49.5 Å². The maximum absolute atomic E-state index is 4.34. The Morgan fingerprint density at radius 3 is 2.43 bits per heavy atom. The highest BCUT2D eigenvalue weighted by atomic mass is 15.5. The summed E-state index contributed by atoms with van der Waals surface area (Å²) in [7, 11) is 4.18. The molecule has 2 aromatic carbocycles. The van der Waals surface area contributed by atoms with Crippen molar-refractivity contribution in [1.29, 1.82) is 0 Å². The summed E-state index contributed by atoms with van der Waals surface area (Å²) in [5, 5.41) is 11.2. The Hall–Kier alpha value is -2.20. The molecule has 21 heavy (non-hydrogen) atoms. The lowest BCUT2D eigenvalue weighted by Crippen LogP contribution is -2.21. The predicted molar refractivity (Wildman–Crippen MR) is 85.3 cm³/mol.